The summed E-state index contributed by atoms with van der Waals surface area (Å²) < 4.78 is 15.0. The molecule has 2 aliphatic rings. The lowest BCUT2D eigenvalue weighted by atomic mass is 9.74. The van der Waals surface area contributed by atoms with E-state index in [-0.39, 0.29) is 11.7 Å². The Morgan fingerprint density at radius 2 is 1.87 bits per heavy atom. The van der Waals surface area contributed by atoms with E-state index in [4.69, 9.17) is 9.97 Å². The molecule has 2 heterocycles. The van der Waals surface area contributed by atoms with Crippen LogP contribution in [0.3, 0.4) is 0 Å². The summed E-state index contributed by atoms with van der Waals surface area (Å²) in [6.07, 6.45) is 11.9. The molecule has 0 radical (unpaired) electrons. The highest BCUT2D eigenvalue weighted by atomic mass is 19.1. The fourth-order valence-corrected chi connectivity index (χ4v) is 5.17. The third-order valence-electron chi connectivity index (χ3n) is 7.06. The monoisotopic (exact) mass is 524 g/mol. The van der Waals surface area contributed by atoms with Crippen molar-refractivity contribution in [3.8, 4) is 28.7 Å². The van der Waals surface area contributed by atoms with E-state index in [0.717, 1.165) is 48.2 Å². The minimum Gasteiger partial charge on any atom is -0.261 e. The van der Waals surface area contributed by atoms with Crippen LogP contribution in [0.15, 0.2) is 66.9 Å². The van der Waals surface area contributed by atoms with E-state index in [1.165, 1.54) is 18.9 Å². The SMILES string of the molecule is C=CC.CC.CCCC1CCc2c(-c3ccccc3F)nc(-c3ccnc(C4CC4)c3)nc2C1/C=C(\C)C#N. The van der Waals surface area contributed by atoms with Gasteiger partial charge in [-0.2, -0.15) is 5.26 Å². The molecule has 2 aromatic heterocycles. The Hall–Kier alpha value is -3.65. The number of nitrogens with zero attached hydrogens (tertiary/aromatic N) is 4. The molecule has 1 fully saturated rings. The molecule has 1 aromatic carbocycles. The number of allylic oxidation sites excluding steroid dienone is 3. The molecular formula is C34H41FN4. The van der Waals surface area contributed by atoms with Crippen molar-refractivity contribution in [3.63, 3.8) is 0 Å². The molecule has 0 N–H and O–H groups in total. The average molecular weight is 525 g/mol. The van der Waals surface area contributed by atoms with Gasteiger partial charge in [0.25, 0.3) is 0 Å². The lowest BCUT2D eigenvalue weighted by molar-refractivity contribution is 0.379. The van der Waals surface area contributed by atoms with Crippen molar-refractivity contribution in [2.45, 2.75) is 85.0 Å². The number of hydrogen-bond donors (Lipinski definition) is 0. The van der Waals surface area contributed by atoms with Gasteiger partial charge in [0.15, 0.2) is 5.82 Å². The van der Waals surface area contributed by atoms with Gasteiger partial charge in [-0.15, -0.1) is 6.58 Å². The van der Waals surface area contributed by atoms with Crippen LogP contribution in [0.25, 0.3) is 22.6 Å². The van der Waals surface area contributed by atoms with E-state index in [9.17, 15) is 9.65 Å². The number of halogens is 1. The first kappa shape index (κ1) is 29.9. The van der Waals surface area contributed by atoms with Gasteiger partial charge in [0.2, 0.25) is 0 Å². The topological polar surface area (TPSA) is 62.5 Å². The van der Waals surface area contributed by atoms with Gasteiger partial charge in [0, 0.05) is 46.0 Å². The first-order valence-corrected chi connectivity index (χ1v) is 14.3. The smallest absolute Gasteiger partial charge is 0.160 e. The van der Waals surface area contributed by atoms with E-state index in [1.807, 2.05) is 46.0 Å². The van der Waals surface area contributed by atoms with Crippen molar-refractivity contribution in [2.24, 2.45) is 5.92 Å². The quantitative estimate of drug-likeness (QED) is 0.238. The molecule has 39 heavy (non-hydrogen) atoms. The zero-order chi connectivity index (χ0) is 28.4. The van der Waals surface area contributed by atoms with Gasteiger partial charge in [-0.05, 0) is 76.1 Å². The van der Waals surface area contributed by atoms with Gasteiger partial charge in [0.1, 0.15) is 5.82 Å². The lowest BCUT2D eigenvalue weighted by Crippen LogP contribution is -2.23. The van der Waals surface area contributed by atoms with Crippen molar-refractivity contribution in [1.82, 2.24) is 15.0 Å². The van der Waals surface area contributed by atoms with Crippen LogP contribution >= 0.6 is 0 Å². The maximum absolute atomic E-state index is 15.0. The predicted molar refractivity (Wildman–Crippen MR) is 159 cm³/mol. The van der Waals surface area contributed by atoms with Gasteiger partial charge >= 0.3 is 0 Å². The Balaban J connectivity index is 0.000000787. The molecule has 2 aliphatic carbocycles. The van der Waals surface area contributed by atoms with Gasteiger partial charge in [-0.25, -0.2) is 14.4 Å². The Bertz CT molecular complexity index is 1330. The molecule has 4 nitrogen and oxygen atoms in total. The van der Waals surface area contributed by atoms with Crippen molar-refractivity contribution < 1.29 is 4.39 Å². The van der Waals surface area contributed by atoms with Gasteiger partial charge in [-0.1, -0.05) is 51.5 Å². The Kier molecular flexibility index (Phi) is 11.1. The Morgan fingerprint density at radius 3 is 2.51 bits per heavy atom. The largest absolute Gasteiger partial charge is 0.261 e. The van der Waals surface area contributed by atoms with Crippen molar-refractivity contribution >= 4 is 0 Å². The lowest BCUT2D eigenvalue weighted by Gasteiger charge is -2.32. The normalized spacial score (nSPS) is 17.9. The molecule has 0 saturated heterocycles. The number of hydrogen-bond acceptors (Lipinski definition) is 4. The minimum atomic E-state index is -0.279. The molecule has 0 amide bonds. The highest BCUT2D eigenvalue weighted by Crippen LogP contribution is 2.44. The summed E-state index contributed by atoms with van der Waals surface area (Å²) in [6, 6.07) is 13.2. The highest BCUT2D eigenvalue weighted by Gasteiger charge is 2.33. The van der Waals surface area contributed by atoms with E-state index in [0.29, 0.717) is 34.5 Å². The molecular weight excluding hydrogens is 483 g/mol. The molecule has 0 aliphatic heterocycles. The van der Waals surface area contributed by atoms with E-state index in [1.54, 1.807) is 18.2 Å². The Morgan fingerprint density at radius 1 is 1.15 bits per heavy atom. The first-order valence-electron chi connectivity index (χ1n) is 14.3. The van der Waals surface area contributed by atoms with E-state index < -0.39 is 0 Å². The third kappa shape index (κ3) is 7.26. The van der Waals surface area contributed by atoms with E-state index >= 15 is 0 Å². The number of pyridine rings is 1. The van der Waals surface area contributed by atoms with Gasteiger partial charge < -0.3 is 0 Å². The summed E-state index contributed by atoms with van der Waals surface area (Å²) in [5.41, 5.74) is 5.79. The first-order chi connectivity index (χ1) is 19.0. The highest BCUT2D eigenvalue weighted by molar-refractivity contribution is 5.69. The average Bonchev–Trinajstić information content (AvgIpc) is 3.81. The van der Waals surface area contributed by atoms with Crippen LogP contribution in [0.4, 0.5) is 4.39 Å². The zero-order valence-electron chi connectivity index (χ0n) is 24.0. The van der Waals surface area contributed by atoms with Gasteiger partial charge in [0.05, 0.1) is 17.5 Å². The Labute approximate surface area is 233 Å². The third-order valence-corrected chi connectivity index (χ3v) is 7.06. The molecule has 5 rings (SSSR count). The second-order valence-electron chi connectivity index (χ2n) is 9.97. The second kappa shape index (κ2) is 14.5. The number of rotatable bonds is 6. The summed E-state index contributed by atoms with van der Waals surface area (Å²) in [4.78, 5) is 14.6. The molecule has 0 bridgehead atoms. The number of fused-ring (bicyclic) bond motifs is 1. The van der Waals surface area contributed by atoms with Crippen LogP contribution in [0, 0.1) is 23.1 Å². The molecule has 204 valence electrons. The summed E-state index contributed by atoms with van der Waals surface area (Å²) in [5, 5.41) is 9.51. The fraction of sp³-hybridized carbons (Fsp3) is 0.412. The number of benzene rings is 1. The van der Waals surface area contributed by atoms with E-state index in [2.05, 4.69) is 36.7 Å². The summed E-state index contributed by atoms with van der Waals surface area (Å²) in [7, 11) is 0. The predicted octanol–water partition coefficient (Wildman–Crippen LogP) is 9.36. The summed E-state index contributed by atoms with van der Waals surface area (Å²) in [6.45, 7) is 13.3. The van der Waals surface area contributed by atoms with Gasteiger partial charge in [-0.3, -0.25) is 4.98 Å². The van der Waals surface area contributed by atoms with Crippen molar-refractivity contribution in [2.75, 3.05) is 0 Å². The number of nitriles is 1. The maximum Gasteiger partial charge on any atom is 0.160 e. The van der Waals surface area contributed by atoms with Crippen LogP contribution in [-0.4, -0.2) is 15.0 Å². The molecule has 2 unspecified atom stereocenters. The van der Waals surface area contributed by atoms with Crippen molar-refractivity contribution in [3.05, 3.63) is 89.7 Å². The molecule has 0 spiro atoms. The molecule has 3 aromatic rings. The minimum absolute atomic E-state index is 0.0142. The van der Waals surface area contributed by atoms with Crippen LogP contribution < -0.4 is 0 Å². The molecule has 1 saturated carbocycles. The van der Waals surface area contributed by atoms with Crippen molar-refractivity contribution in [1.29, 1.82) is 5.26 Å². The summed E-state index contributed by atoms with van der Waals surface area (Å²) >= 11 is 0. The van der Waals surface area contributed by atoms with Crippen LogP contribution in [0.1, 0.15) is 95.5 Å². The van der Waals surface area contributed by atoms with Crippen LogP contribution in [0.5, 0.6) is 0 Å². The summed E-state index contributed by atoms with van der Waals surface area (Å²) in [5.74, 6) is 1.26. The maximum atomic E-state index is 15.0. The molecule has 2 atom stereocenters. The zero-order valence-corrected chi connectivity index (χ0v) is 24.0. The fourth-order valence-electron chi connectivity index (χ4n) is 5.17. The second-order valence-corrected chi connectivity index (χ2v) is 9.97. The van der Waals surface area contributed by atoms with Crippen LogP contribution in [-0.2, 0) is 6.42 Å². The molecule has 5 heteroatoms. The number of aromatic nitrogens is 3. The standard InChI is InChI=1S/C29H29FN4.C3H6.C2H6/c1-3-6-19-11-12-23-27(22-7-4-5-8-25(22)30)33-29(34-28(23)24(19)15-18(2)17-31)21-13-14-32-26(16-21)20-9-10-20;1-3-2;1-2/h4-5,7-8,13-16,19-20,24H,3,6,9-12H2,1-2H3;3H,1H2,2H3;1-2H3/b18-15+;;. The van der Waals surface area contributed by atoms with Crippen LogP contribution in [0.2, 0.25) is 0 Å².